The van der Waals surface area contributed by atoms with Crippen molar-refractivity contribution in [2.75, 3.05) is 4.90 Å². The summed E-state index contributed by atoms with van der Waals surface area (Å²) in [6, 6.07) is 7.87. The van der Waals surface area contributed by atoms with Crippen molar-refractivity contribution < 1.29 is 4.79 Å². The van der Waals surface area contributed by atoms with Gasteiger partial charge in [-0.1, -0.05) is 18.2 Å². The van der Waals surface area contributed by atoms with Gasteiger partial charge >= 0.3 is 0 Å². The highest BCUT2D eigenvalue weighted by Crippen LogP contribution is 2.16. The van der Waals surface area contributed by atoms with Gasteiger partial charge in [-0.05, 0) is 31.5 Å². The van der Waals surface area contributed by atoms with E-state index in [0.29, 0.717) is 0 Å². The minimum Gasteiger partial charge on any atom is -0.288 e. The Kier molecular flexibility index (Phi) is 3.46. The normalized spacial score (nSPS) is 10.5. The maximum absolute atomic E-state index is 11.3. The van der Waals surface area contributed by atoms with Crippen LogP contribution in [0.25, 0.3) is 0 Å². The summed E-state index contributed by atoms with van der Waals surface area (Å²) in [6.45, 7) is 5.46. The average molecular weight is 189 g/mol. The van der Waals surface area contributed by atoms with Crippen molar-refractivity contribution in [1.29, 1.82) is 0 Å². The van der Waals surface area contributed by atoms with Crippen molar-refractivity contribution in [3.05, 3.63) is 42.1 Å². The molecule has 1 aromatic carbocycles. The van der Waals surface area contributed by atoms with Gasteiger partial charge in [-0.15, -0.1) is 0 Å². The number of nitrogens with zero attached hydrogens (tertiary/aromatic N) is 1. The van der Waals surface area contributed by atoms with Gasteiger partial charge in [0.15, 0.2) is 0 Å². The molecule has 1 rings (SSSR count). The zero-order chi connectivity index (χ0) is 10.6. The van der Waals surface area contributed by atoms with Crippen LogP contribution >= 0.6 is 0 Å². The molecule has 0 heterocycles. The Labute approximate surface area is 84.9 Å². The molecule has 0 aromatic heterocycles. The molecule has 0 aliphatic carbocycles. The molecule has 0 aliphatic rings. The van der Waals surface area contributed by atoms with Gasteiger partial charge in [0.1, 0.15) is 0 Å². The van der Waals surface area contributed by atoms with E-state index in [4.69, 9.17) is 0 Å². The fourth-order valence-corrected chi connectivity index (χ4v) is 1.30. The Morgan fingerprint density at radius 3 is 2.64 bits per heavy atom. The minimum atomic E-state index is 0.0219. The topological polar surface area (TPSA) is 20.3 Å². The van der Waals surface area contributed by atoms with E-state index in [1.807, 2.05) is 44.2 Å². The van der Waals surface area contributed by atoms with Crippen LogP contribution in [0.4, 0.5) is 5.69 Å². The number of hydrogen-bond donors (Lipinski definition) is 0. The van der Waals surface area contributed by atoms with Crippen molar-refractivity contribution in [2.24, 2.45) is 0 Å². The van der Waals surface area contributed by atoms with E-state index in [1.165, 1.54) is 0 Å². The number of hydrogen-bond acceptors (Lipinski definition) is 1. The Bertz CT molecular complexity index is 355. The molecular formula is C12H15NO. The lowest BCUT2D eigenvalue weighted by molar-refractivity contribution is -0.116. The number of carbonyl (C=O) groups is 1. The molecule has 14 heavy (non-hydrogen) atoms. The lowest BCUT2D eigenvalue weighted by atomic mass is 10.2. The molecule has 0 fully saturated rings. The zero-order valence-electron chi connectivity index (χ0n) is 8.82. The number of aryl methyl sites for hydroxylation is 1. The molecule has 0 saturated carbocycles. The zero-order valence-corrected chi connectivity index (χ0v) is 8.82. The van der Waals surface area contributed by atoms with Crippen LogP contribution in [0.1, 0.15) is 19.4 Å². The first-order valence-electron chi connectivity index (χ1n) is 4.64. The molecule has 74 valence electrons. The molecule has 1 amide bonds. The van der Waals surface area contributed by atoms with Gasteiger partial charge in [0, 0.05) is 18.8 Å². The quantitative estimate of drug-likeness (QED) is 0.700. The van der Waals surface area contributed by atoms with Crippen molar-refractivity contribution in [2.45, 2.75) is 20.8 Å². The number of anilines is 1. The molecule has 0 radical (unpaired) electrons. The van der Waals surface area contributed by atoms with E-state index in [2.05, 4.69) is 0 Å². The molecular weight excluding hydrogens is 174 g/mol. The highest BCUT2D eigenvalue weighted by molar-refractivity contribution is 5.93. The monoisotopic (exact) mass is 189 g/mol. The van der Waals surface area contributed by atoms with Gasteiger partial charge in [0.05, 0.1) is 0 Å². The SMILES string of the molecule is C/C=C\N(C(C)=O)c1cccc(C)c1. The van der Waals surface area contributed by atoms with Crippen LogP contribution in [0, 0.1) is 6.92 Å². The summed E-state index contributed by atoms with van der Waals surface area (Å²) in [5.41, 5.74) is 2.06. The van der Waals surface area contributed by atoms with E-state index < -0.39 is 0 Å². The molecule has 0 aliphatic heterocycles. The fraction of sp³-hybridized carbons (Fsp3) is 0.250. The van der Waals surface area contributed by atoms with Crippen molar-refractivity contribution in [1.82, 2.24) is 0 Å². The van der Waals surface area contributed by atoms with Crippen molar-refractivity contribution in [3.63, 3.8) is 0 Å². The van der Waals surface area contributed by atoms with Gasteiger partial charge in [-0.25, -0.2) is 0 Å². The molecule has 0 unspecified atom stereocenters. The Balaban J connectivity index is 3.05. The summed E-state index contributed by atoms with van der Waals surface area (Å²) in [7, 11) is 0. The van der Waals surface area contributed by atoms with Crippen molar-refractivity contribution >= 4 is 11.6 Å². The van der Waals surface area contributed by atoms with E-state index in [0.717, 1.165) is 11.3 Å². The summed E-state index contributed by atoms with van der Waals surface area (Å²) in [4.78, 5) is 13.0. The summed E-state index contributed by atoms with van der Waals surface area (Å²) in [6.07, 6.45) is 3.63. The third-order valence-electron chi connectivity index (χ3n) is 1.92. The van der Waals surface area contributed by atoms with Crippen LogP contribution < -0.4 is 4.90 Å². The molecule has 0 N–H and O–H groups in total. The summed E-state index contributed by atoms with van der Waals surface area (Å²) in [5.74, 6) is 0.0219. The maximum atomic E-state index is 11.3. The lowest BCUT2D eigenvalue weighted by Crippen LogP contribution is -2.21. The van der Waals surface area contributed by atoms with Gasteiger partial charge in [-0.2, -0.15) is 0 Å². The van der Waals surface area contributed by atoms with E-state index >= 15 is 0 Å². The standard InChI is InChI=1S/C12H15NO/c1-4-8-13(11(3)14)12-7-5-6-10(2)9-12/h4-9H,1-3H3/b8-4-. The number of carbonyl (C=O) groups excluding carboxylic acids is 1. The molecule has 2 nitrogen and oxygen atoms in total. The second-order valence-electron chi connectivity index (χ2n) is 3.21. The predicted molar refractivity (Wildman–Crippen MR) is 59.2 cm³/mol. The summed E-state index contributed by atoms with van der Waals surface area (Å²) < 4.78 is 0. The average Bonchev–Trinajstić information content (AvgIpc) is 2.13. The summed E-state index contributed by atoms with van der Waals surface area (Å²) in [5, 5.41) is 0. The number of benzene rings is 1. The largest absolute Gasteiger partial charge is 0.288 e. The third-order valence-corrected chi connectivity index (χ3v) is 1.92. The number of amides is 1. The number of allylic oxidation sites excluding steroid dienone is 1. The second-order valence-corrected chi connectivity index (χ2v) is 3.21. The molecule has 0 atom stereocenters. The fourth-order valence-electron chi connectivity index (χ4n) is 1.30. The van der Waals surface area contributed by atoms with Crippen molar-refractivity contribution in [3.8, 4) is 0 Å². The van der Waals surface area contributed by atoms with Gasteiger partial charge in [0.25, 0.3) is 0 Å². The van der Waals surface area contributed by atoms with Crippen LogP contribution in [0.15, 0.2) is 36.5 Å². The van der Waals surface area contributed by atoms with Crippen LogP contribution in [0.2, 0.25) is 0 Å². The molecule has 0 saturated heterocycles. The lowest BCUT2D eigenvalue weighted by Gasteiger charge is -2.16. The third kappa shape index (κ3) is 2.46. The molecule has 1 aromatic rings. The van der Waals surface area contributed by atoms with E-state index in [-0.39, 0.29) is 5.91 Å². The van der Waals surface area contributed by atoms with Crippen LogP contribution in [-0.2, 0) is 4.79 Å². The first-order valence-corrected chi connectivity index (χ1v) is 4.64. The molecule has 0 spiro atoms. The smallest absolute Gasteiger partial charge is 0.227 e. The second kappa shape index (κ2) is 4.61. The Morgan fingerprint density at radius 2 is 2.14 bits per heavy atom. The minimum absolute atomic E-state index is 0.0219. The number of rotatable bonds is 2. The highest BCUT2D eigenvalue weighted by Gasteiger charge is 2.06. The first kappa shape index (κ1) is 10.5. The van der Waals surface area contributed by atoms with Crippen LogP contribution in [0.3, 0.4) is 0 Å². The van der Waals surface area contributed by atoms with Gasteiger partial charge < -0.3 is 0 Å². The van der Waals surface area contributed by atoms with Crippen LogP contribution in [-0.4, -0.2) is 5.91 Å². The molecule has 0 bridgehead atoms. The van der Waals surface area contributed by atoms with E-state index in [9.17, 15) is 4.79 Å². The maximum Gasteiger partial charge on any atom is 0.227 e. The highest BCUT2D eigenvalue weighted by atomic mass is 16.2. The summed E-state index contributed by atoms with van der Waals surface area (Å²) >= 11 is 0. The first-order chi connectivity index (χ1) is 6.65. The van der Waals surface area contributed by atoms with Gasteiger partial charge in [-0.3, -0.25) is 9.69 Å². The van der Waals surface area contributed by atoms with Gasteiger partial charge in [0.2, 0.25) is 5.91 Å². The van der Waals surface area contributed by atoms with E-state index in [1.54, 1.807) is 18.0 Å². The predicted octanol–water partition coefficient (Wildman–Crippen LogP) is 2.88. The molecule has 2 heteroatoms. The van der Waals surface area contributed by atoms with Crippen LogP contribution in [0.5, 0.6) is 0 Å². The Morgan fingerprint density at radius 1 is 1.43 bits per heavy atom. The Hall–Kier alpha value is -1.57.